The zero-order valence-electron chi connectivity index (χ0n) is 29.4. The van der Waals surface area contributed by atoms with Crippen LogP contribution in [-0.4, -0.2) is 81.0 Å². The Balaban J connectivity index is 1.51. The Morgan fingerprint density at radius 3 is 2.30 bits per heavy atom. The van der Waals surface area contributed by atoms with Crippen LogP contribution in [0.1, 0.15) is 100 Å². The molecule has 1 aromatic carbocycles. The molecule has 1 aliphatic heterocycles. The average molecular weight is 711 g/mol. The molecule has 272 valence electrons. The largest absolute Gasteiger partial charge is 0.378 e. The number of benzene rings is 1. The summed E-state index contributed by atoms with van der Waals surface area (Å²) in [5.74, 6) is -1.01. The molecule has 2 amide bonds. The molecule has 0 radical (unpaired) electrons. The van der Waals surface area contributed by atoms with Gasteiger partial charge in [0.25, 0.3) is 5.56 Å². The summed E-state index contributed by atoms with van der Waals surface area (Å²) in [6.45, 7) is 4.53. The second-order valence-corrected chi connectivity index (χ2v) is 13.9. The van der Waals surface area contributed by atoms with Crippen LogP contribution >= 0.6 is 11.8 Å². The van der Waals surface area contributed by atoms with E-state index in [0.717, 1.165) is 24.8 Å². The van der Waals surface area contributed by atoms with Crippen LogP contribution in [0.2, 0.25) is 0 Å². The number of nitrogens with one attached hydrogen (secondary N) is 1. The number of aromatic amines is 1. The molecule has 0 spiro atoms. The van der Waals surface area contributed by atoms with Crippen LogP contribution in [0.15, 0.2) is 57.6 Å². The number of amides is 2. The minimum absolute atomic E-state index is 0.0562. The molecule has 0 saturated carbocycles. The first kappa shape index (κ1) is 39.0. The molecule has 1 fully saturated rings. The lowest BCUT2D eigenvalue weighted by Crippen LogP contribution is -2.41. The minimum atomic E-state index is -0.767. The number of aromatic nitrogens is 4. The maximum absolute atomic E-state index is 13.7. The number of halogens is 1. The van der Waals surface area contributed by atoms with Gasteiger partial charge in [-0.3, -0.25) is 14.4 Å². The summed E-state index contributed by atoms with van der Waals surface area (Å²) in [5.41, 5.74) is 0.439. The number of carbonyl (C=O) groups excluding carboxylic acids is 2. The molecule has 0 bridgehead atoms. The smallest absolute Gasteiger partial charge is 0.344 e. The van der Waals surface area contributed by atoms with E-state index in [2.05, 4.69) is 21.9 Å². The van der Waals surface area contributed by atoms with E-state index in [1.807, 2.05) is 0 Å². The zero-order chi connectivity index (χ0) is 35.7. The van der Waals surface area contributed by atoms with Gasteiger partial charge in [0.2, 0.25) is 11.8 Å². The third-order valence-corrected chi connectivity index (χ3v) is 10.1. The highest BCUT2D eigenvalue weighted by molar-refractivity contribution is 7.98. The molecule has 1 N–H and O–H groups in total. The molecular weight excluding hydrogens is 660 g/mol. The van der Waals surface area contributed by atoms with E-state index in [-0.39, 0.29) is 36.2 Å². The Labute approximate surface area is 298 Å². The predicted octanol–water partition coefficient (Wildman–Crippen LogP) is 5.52. The Morgan fingerprint density at radius 1 is 1.00 bits per heavy atom. The first-order chi connectivity index (χ1) is 24.2. The SMILES string of the molecule is CCCCCCCCCCCCN(C)C(=O)Cn1cc(C(CC(=O)N2CCOCC2)c2cnc(=O)[nH]c2)c(=O)nc1SCc1ccc(F)cc1. The minimum Gasteiger partial charge on any atom is -0.378 e. The fraction of sp³-hybridized carbons (Fsp3) is 0.568. The second kappa shape index (κ2) is 20.7. The second-order valence-electron chi connectivity index (χ2n) is 12.9. The lowest BCUT2D eigenvalue weighted by Gasteiger charge is -2.28. The molecule has 3 aromatic rings. The van der Waals surface area contributed by atoms with Crippen LogP contribution in [0.4, 0.5) is 4.39 Å². The average Bonchev–Trinajstić information content (AvgIpc) is 3.12. The van der Waals surface area contributed by atoms with Gasteiger partial charge in [-0.15, -0.1) is 0 Å². The van der Waals surface area contributed by atoms with Gasteiger partial charge >= 0.3 is 5.69 Å². The van der Waals surface area contributed by atoms with Crippen LogP contribution < -0.4 is 11.2 Å². The number of hydrogen-bond donors (Lipinski definition) is 1. The highest BCUT2D eigenvalue weighted by Gasteiger charge is 2.27. The quantitative estimate of drug-likeness (QED) is 0.0923. The lowest BCUT2D eigenvalue weighted by atomic mass is 9.91. The maximum Gasteiger partial charge on any atom is 0.344 e. The molecule has 1 atom stereocenters. The van der Waals surface area contributed by atoms with Gasteiger partial charge in [-0.2, -0.15) is 4.98 Å². The van der Waals surface area contributed by atoms with Gasteiger partial charge in [-0.1, -0.05) is 88.6 Å². The third-order valence-electron chi connectivity index (χ3n) is 9.06. The van der Waals surface area contributed by atoms with Gasteiger partial charge in [-0.25, -0.2) is 14.2 Å². The lowest BCUT2D eigenvalue weighted by molar-refractivity contribution is -0.135. The molecule has 11 nitrogen and oxygen atoms in total. The van der Waals surface area contributed by atoms with Crippen molar-refractivity contribution in [1.29, 1.82) is 0 Å². The van der Waals surface area contributed by atoms with Gasteiger partial charge in [0.05, 0.1) is 13.2 Å². The molecule has 4 rings (SSSR count). The zero-order valence-corrected chi connectivity index (χ0v) is 30.2. The molecule has 1 saturated heterocycles. The van der Waals surface area contributed by atoms with E-state index in [9.17, 15) is 23.6 Å². The number of H-pyrrole nitrogens is 1. The van der Waals surface area contributed by atoms with E-state index in [1.54, 1.807) is 39.7 Å². The van der Waals surface area contributed by atoms with Crippen molar-refractivity contribution in [2.45, 2.75) is 101 Å². The predicted molar refractivity (Wildman–Crippen MR) is 193 cm³/mol. The molecule has 0 aliphatic carbocycles. The topological polar surface area (TPSA) is 130 Å². The Hall–Kier alpha value is -3.84. The molecule has 13 heteroatoms. The van der Waals surface area contributed by atoms with E-state index in [0.29, 0.717) is 49.3 Å². The van der Waals surface area contributed by atoms with Gasteiger partial charge < -0.3 is 24.1 Å². The van der Waals surface area contributed by atoms with E-state index < -0.39 is 17.2 Å². The monoisotopic (exact) mass is 710 g/mol. The normalized spacial score (nSPS) is 13.7. The van der Waals surface area contributed by atoms with Gasteiger partial charge in [-0.05, 0) is 29.7 Å². The number of nitrogens with zero attached hydrogens (tertiary/aromatic N) is 5. The Kier molecular flexibility index (Phi) is 16.2. The number of likely N-dealkylation sites (N-methyl/N-ethyl adjacent to an activating group) is 1. The number of carbonyl (C=O) groups is 2. The van der Waals surface area contributed by atoms with Crippen molar-refractivity contribution < 1.29 is 18.7 Å². The number of morpholine rings is 1. The van der Waals surface area contributed by atoms with Gasteiger partial charge in [0.1, 0.15) is 12.4 Å². The summed E-state index contributed by atoms with van der Waals surface area (Å²) < 4.78 is 20.6. The van der Waals surface area contributed by atoms with Crippen LogP contribution in [0.25, 0.3) is 0 Å². The molecule has 3 heterocycles. The van der Waals surface area contributed by atoms with Crippen LogP contribution in [0.3, 0.4) is 0 Å². The first-order valence-electron chi connectivity index (χ1n) is 17.9. The summed E-state index contributed by atoms with van der Waals surface area (Å²) >= 11 is 1.27. The molecule has 1 aliphatic rings. The van der Waals surface area contributed by atoms with Gasteiger partial charge in [0.15, 0.2) is 5.16 Å². The van der Waals surface area contributed by atoms with E-state index in [1.165, 1.54) is 81.2 Å². The highest BCUT2D eigenvalue weighted by atomic mass is 32.2. The number of rotatable bonds is 20. The number of thioether (sulfide) groups is 1. The standard InChI is InChI=1S/C37H51FN6O5S/c1-3-4-5-6-7-8-9-10-11-12-17-42(2)34(46)26-44-25-32(35(47)41-37(44)50-27-28-13-15-30(38)16-14-28)31(29-23-39-36(48)40-24-29)22-33(45)43-18-20-49-21-19-43/h13-16,23-25,31H,3-12,17-22,26-27H2,1-2H3,(H,39,40,48). The summed E-state index contributed by atoms with van der Waals surface area (Å²) in [6.07, 6.45) is 16.4. The maximum atomic E-state index is 13.7. The van der Waals surface area contributed by atoms with Crippen molar-refractivity contribution in [3.8, 4) is 0 Å². The van der Waals surface area contributed by atoms with Crippen molar-refractivity contribution in [2.24, 2.45) is 0 Å². The molecule has 1 unspecified atom stereocenters. The fourth-order valence-corrected chi connectivity index (χ4v) is 6.90. The third kappa shape index (κ3) is 12.5. The van der Waals surface area contributed by atoms with E-state index >= 15 is 0 Å². The van der Waals surface area contributed by atoms with Gasteiger partial charge in [0, 0.05) is 68.9 Å². The van der Waals surface area contributed by atoms with Crippen molar-refractivity contribution in [3.05, 3.63) is 86.2 Å². The van der Waals surface area contributed by atoms with E-state index in [4.69, 9.17) is 4.74 Å². The number of ether oxygens (including phenoxy) is 1. The highest BCUT2D eigenvalue weighted by Crippen LogP contribution is 2.28. The summed E-state index contributed by atoms with van der Waals surface area (Å²) in [4.78, 5) is 66.7. The van der Waals surface area contributed by atoms with Crippen LogP contribution in [-0.2, 0) is 26.6 Å². The van der Waals surface area contributed by atoms with Crippen molar-refractivity contribution in [3.63, 3.8) is 0 Å². The van der Waals surface area contributed by atoms with Crippen LogP contribution in [0.5, 0.6) is 0 Å². The number of hydrogen-bond acceptors (Lipinski definition) is 8. The Bertz CT molecular complexity index is 1610. The summed E-state index contributed by atoms with van der Waals surface area (Å²) in [5, 5.41) is 0.335. The summed E-state index contributed by atoms with van der Waals surface area (Å²) in [6, 6.07) is 6.09. The fourth-order valence-electron chi connectivity index (χ4n) is 5.98. The number of unbranched alkanes of at least 4 members (excludes halogenated alkanes) is 9. The molecular formula is C37H51FN6O5S. The Morgan fingerprint density at radius 2 is 1.66 bits per heavy atom. The first-order valence-corrected chi connectivity index (χ1v) is 18.9. The van der Waals surface area contributed by atoms with Crippen molar-refractivity contribution in [2.75, 3.05) is 39.9 Å². The molecule has 2 aromatic heterocycles. The summed E-state index contributed by atoms with van der Waals surface area (Å²) in [7, 11) is 1.79. The van der Waals surface area contributed by atoms with Crippen LogP contribution in [0, 0.1) is 5.82 Å². The van der Waals surface area contributed by atoms with Crippen molar-refractivity contribution >= 4 is 23.6 Å². The molecule has 50 heavy (non-hydrogen) atoms. The van der Waals surface area contributed by atoms with Crippen molar-refractivity contribution in [1.82, 2.24) is 29.3 Å².